The number of hydrogen-bond acceptors (Lipinski definition) is 2. The van der Waals surface area contributed by atoms with Gasteiger partial charge in [-0.2, -0.15) is 0 Å². The molecule has 1 aromatic heterocycles. The Balaban J connectivity index is 2.00. The van der Waals surface area contributed by atoms with Crippen LogP contribution in [0, 0.1) is 18.8 Å². The summed E-state index contributed by atoms with van der Waals surface area (Å²) in [6.45, 7) is 2.04. The van der Waals surface area contributed by atoms with Gasteiger partial charge in [0.1, 0.15) is 0 Å². The quantitative estimate of drug-likeness (QED) is 0.451. The van der Waals surface area contributed by atoms with E-state index in [1.165, 1.54) is 23.0 Å². The molecule has 2 aromatic rings. The molecule has 0 saturated carbocycles. The standard InChI is InChI=1S/C16H12OS/c1-13-8-10-14(11-9-13)5-2-3-6-15(17)16-7-4-12-18-16/h3-4,6-12H,1H3. The molecule has 0 atom stereocenters. The van der Waals surface area contributed by atoms with Gasteiger partial charge in [-0.25, -0.2) is 0 Å². The molecule has 0 unspecified atom stereocenters. The van der Waals surface area contributed by atoms with E-state index in [1.54, 1.807) is 6.08 Å². The molecule has 0 N–H and O–H groups in total. The van der Waals surface area contributed by atoms with Crippen LogP contribution in [0.3, 0.4) is 0 Å². The zero-order chi connectivity index (χ0) is 12.8. The lowest BCUT2D eigenvalue weighted by Crippen LogP contribution is -1.87. The summed E-state index contributed by atoms with van der Waals surface area (Å²) in [5.41, 5.74) is 2.16. The van der Waals surface area contributed by atoms with Crippen LogP contribution in [-0.4, -0.2) is 5.78 Å². The van der Waals surface area contributed by atoms with Crippen molar-refractivity contribution in [2.75, 3.05) is 0 Å². The first-order chi connectivity index (χ1) is 8.75. The molecule has 2 rings (SSSR count). The second-order valence-electron chi connectivity index (χ2n) is 3.81. The van der Waals surface area contributed by atoms with Gasteiger partial charge in [0.05, 0.1) is 4.88 Å². The van der Waals surface area contributed by atoms with Crippen molar-refractivity contribution in [3.8, 4) is 11.8 Å². The maximum Gasteiger partial charge on any atom is 0.196 e. The fraction of sp³-hybridized carbons (Fsp3) is 0.0625. The Labute approximate surface area is 111 Å². The van der Waals surface area contributed by atoms with Gasteiger partial charge >= 0.3 is 0 Å². The van der Waals surface area contributed by atoms with E-state index in [1.807, 2.05) is 48.7 Å². The Bertz CT molecular complexity index is 607. The molecule has 88 valence electrons. The summed E-state index contributed by atoms with van der Waals surface area (Å²) >= 11 is 1.44. The van der Waals surface area contributed by atoms with Crippen molar-refractivity contribution in [2.24, 2.45) is 0 Å². The van der Waals surface area contributed by atoms with Gasteiger partial charge < -0.3 is 0 Å². The third kappa shape index (κ3) is 3.44. The molecule has 0 saturated heterocycles. The highest BCUT2D eigenvalue weighted by molar-refractivity contribution is 7.12. The first-order valence-electron chi connectivity index (χ1n) is 5.58. The second kappa shape index (κ2) is 6.00. The number of ketones is 1. The molecule has 0 aliphatic carbocycles. The van der Waals surface area contributed by atoms with Crippen LogP contribution < -0.4 is 0 Å². The van der Waals surface area contributed by atoms with Crippen LogP contribution in [0.4, 0.5) is 0 Å². The van der Waals surface area contributed by atoms with E-state index >= 15 is 0 Å². The second-order valence-corrected chi connectivity index (χ2v) is 4.76. The molecule has 0 spiro atoms. The summed E-state index contributed by atoms with van der Waals surface area (Å²) in [6, 6.07) is 11.7. The lowest BCUT2D eigenvalue weighted by molar-refractivity contribution is 0.105. The number of rotatable bonds is 2. The zero-order valence-electron chi connectivity index (χ0n) is 10.0. The normalized spacial score (nSPS) is 10.1. The first kappa shape index (κ1) is 12.3. The molecule has 1 aromatic carbocycles. The van der Waals surface area contributed by atoms with Crippen molar-refractivity contribution in [1.29, 1.82) is 0 Å². The first-order valence-corrected chi connectivity index (χ1v) is 6.46. The van der Waals surface area contributed by atoms with Crippen molar-refractivity contribution in [2.45, 2.75) is 6.92 Å². The molecule has 0 amide bonds. The lowest BCUT2D eigenvalue weighted by atomic mass is 10.1. The summed E-state index contributed by atoms with van der Waals surface area (Å²) in [4.78, 5) is 12.4. The van der Waals surface area contributed by atoms with E-state index in [9.17, 15) is 4.79 Å². The fourth-order valence-electron chi connectivity index (χ4n) is 1.38. The highest BCUT2D eigenvalue weighted by atomic mass is 32.1. The van der Waals surface area contributed by atoms with Crippen LogP contribution >= 0.6 is 11.3 Å². The maximum absolute atomic E-state index is 11.6. The fourth-order valence-corrected chi connectivity index (χ4v) is 2.03. The van der Waals surface area contributed by atoms with Gasteiger partial charge in [0.15, 0.2) is 5.78 Å². The Morgan fingerprint density at radius 2 is 2.00 bits per heavy atom. The van der Waals surface area contributed by atoms with E-state index < -0.39 is 0 Å². The van der Waals surface area contributed by atoms with Crippen LogP contribution in [0.5, 0.6) is 0 Å². The summed E-state index contributed by atoms with van der Waals surface area (Å²) in [5.74, 6) is 5.86. The smallest absolute Gasteiger partial charge is 0.196 e. The van der Waals surface area contributed by atoms with Crippen molar-refractivity contribution >= 4 is 17.1 Å². The molecule has 1 nitrogen and oxygen atoms in total. The van der Waals surface area contributed by atoms with Crippen LogP contribution in [0.1, 0.15) is 20.8 Å². The van der Waals surface area contributed by atoms with E-state index in [0.717, 1.165) is 10.4 Å². The SMILES string of the molecule is Cc1ccc(C#CC=CC(=O)c2cccs2)cc1. The maximum atomic E-state index is 11.6. The summed E-state index contributed by atoms with van der Waals surface area (Å²) < 4.78 is 0. The van der Waals surface area contributed by atoms with Crippen molar-refractivity contribution in [3.63, 3.8) is 0 Å². The van der Waals surface area contributed by atoms with Gasteiger partial charge in [0.2, 0.25) is 0 Å². The summed E-state index contributed by atoms with van der Waals surface area (Å²) in [6.07, 6.45) is 3.11. The van der Waals surface area contributed by atoms with Crippen LogP contribution in [-0.2, 0) is 0 Å². The largest absolute Gasteiger partial charge is 0.288 e. The third-order valence-electron chi connectivity index (χ3n) is 2.35. The van der Waals surface area contributed by atoms with E-state index in [2.05, 4.69) is 11.8 Å². The zero-order valence-corrected chi connectivity index (χ0v) is 10.8. The molecular weight excluding hydrogens is 240 g/mol. The van der Waals surface area contributed by atoms with Crippen molar-refractivity contribution in [1.82, 2.24) is 0 Å². The molecule has 0 radical (unpaired) electrons. The Kier molecular flexibility index (Phi) is 4.11. The predicted molar refractivity (Wildman–Crippen MR) is 75.8 cm³/mol. The number of carbonyl (C=O) groups excluding carboxylic acids is 1. The van der Waals surface area contributed by atoms with Crippen LogP contribution in [0.25, 0.3) is 0 Å². The topological polar surface area (TPSA) is 17.1 Å². The number of carbonyl (C=O) groups is 1. The number of hydrogen-bond donors (Lipinski definition) is 0. The van der Waals surface area contributed by atoms with Gasteiger partial charge in [-0.3, -0.25) is 4.79 Å². The monoisotopic (exact) mass is 252 g/mol. The number of benzene rings is 1. The molecule has 0 bridgehead atoms. The van der Waals surface area contributed by atoms with E-state index in [0.29, 0.717) is 0 Å². The summed E-state index contributed by atoms with van der Waals surface area (Å²) in [7, 11) is 0. The minimum atomic E-state index is 0.00297. The van der Waals surface area contributed by atoms with Gasteiger partial charge in [-0.1, -0.05) is 35.6 Å². The molecule has 2 heteroatoms. The number of thiophene rings is 1. The minimum absolute atomic E-state index is 0.00297. The Morgan fingerprint density at radius 1 is 1.22 bits per heavy atom. The van der Waals surface area contributed by atoms with Gasteiger partial charge in [-0.15, -0.1) is 11.3 Å². The van der Waals surface area contributed by atoms with Crippen LogP contribution in [0.15, 0.2) is 53.9 Å². The average molecular weight is 252 g/mol. The molecule has 0 fully saturated rings. The third-order valence-corrected chi connectivity index (χ3v) is 3.23. The lowest BCUT2D eigenvalue weighted by Gasteiger charge is -1.90. The minimum Gasteiger partial charge on any atom is -0.288 e. The summed E-state index contributed by atoms with van der Waals surface area (Å²) in [5, 5.41) is 1.89. The number of aryl methyl sites for hydroxylation is 1. The average Bonchev–Trinajstić information content (AvgIpc) is 2.90. The number of allylic oxidation sites excluding steroid dienone is 2. The highest BCUT2D eigenvalue weighted by Gasteiger charge is 1.99. The van der Waals surface area contributed by atoms with E-state index in [-0.39, 0.29) is 5.78 Å². The highest BCUT2D eigenvalue weighted by Crippen LogP contribution is 2.09. The van der Waals surface area contributed by atoms with Gasteiger partial charge in [0.25, 0.3) is 0 Å². The molecule has 0 aliphatic heterocycles. The molecule has 1 heterocycles. The van der Waals surface area contributed by atoms with Gasteiger partial charge in [0, 0.05) is 5.56 Å². The van der Waals surface area contributed by atoms with Crippen molar-refractivity contribution < 1.29 is 4.79 Å². The predicted octanol–water partition coefficient (Wildman–Crippen LogP) is 3.85. The Hall–Kier alpha value is -2.11. The molecule has 18 heavy (non-hydrogen) atoms. The van der Waals surface area contributed by atoms with E-state index in [4.69, 9.17) is 0 Å². The van der Waals surface area contributed by atoms with Crippen LogP contribution in [0.2, 0.25) is 0 Å². The van der Waals surface area contributed by atoms with Crippen molar-refractivity contribution in [3.05, 3.63) is 69.9 Å². The van der Waals surface area contributed by atoms with Gasteiger partial charge in [-0.05, 0) is 42.7 Å². The molecule has 0 aliphatic rings. The Morgan fingerprint density at radius 3 is 2.67 bits per heavy atom. The molecular formula is C16H12OS.